The molecule has 0 bridgehead atoms. The van der Waals surface area contributed by atoms with E-state index in [0.29, 0.717) is 5.56 Å². The number of alkyl halides is 8. The number of halogens is 8. The molecule has 0 heterocycles. The average molecular weight is 975 g/mol. The number of hydrogen-bond donors (Lipinski definition) is 4. The number of rotatable bonds is 21. The lowest BCUT2D eigenvalue weighted by Crippen LogP contribution is -2.44. The van der Waals surface area contributed by atoms with Crippen LogP contribution in [0.1, 0.15) is 49.7 Å². The fraction of sp³-hybridized carbons (Fsp3) is 0.191. The zero-order valence-electron chi connectivity index (χ0n) is 35.7. The number of methoxy groups -OCH3 is 2. The Kier molecular flexibility index (Phi) is 16.4. The zero-order valence-corrected chi connectivity index (χ0v) is 35.7. The van der Waals surface area contributed by atoms with Gasteiger partial charge in [0.15, 0.2) is 28.8 Å². The van der Waals surface area contributed by atoms with Gasteiger partial charge in [-0.2, -0.15) is 35.1 Å². The van der Waals surface area contributed by atoms with Crippen molar-refractivity contribution in [3.05, 3.63) is 143 Å². The van der Waals surface area contributed by atoms with Crippen molar-refractivity contribution in [3.8, 4) is 34.5 Å². The van der Waals surface area contributed by atoms with Crippen molar-refractivity contribution in [2.75, 3.05) is 25.7 Å². The van der Waals surface area contributed by atoms with Crippen molar-refractivity contribution >= 4 is 47.0 Å². The first-order chi connectivity index (χ1) is 32.4. The van der Waals surface area contributed by atoms with Crippen molar-refractivity contribution in [2.24, 2.45) is 0 Å². The van der Waals surface area contributed by atoms with Crippen LogP contribution in [0.15, 0.2) is 115 Å². The van der Waals surface area contributed by atoms with Crippen LogP contribution in [-0.4, -0.2) is 78.8 Å². The fourth-order valence-electron chi connectivity index (χ4n) is 6.10. The van der Waals surface area contributed by atoms with Gasteiger partial charge in [0.2, 0.25) is 11.6 Å². The molecule has 14 nitrogen and oxygen atoms in total. The van der Waals surface area contributed by atoms with Crippen LogP contribution in [-0.2, 0) is 9.59 Å². The molecule has 364 valence electrons. The largest absolute Gasteiger partial charge is 0.493 e. The number of nitrogens with two attached hydrogens (primary N) is 2. The molecule has 0 aliphatic rings. The number of anilines is 2. The summed E-state index contributed by atoms with van der Waals surface area (Å²) in [6.07, 6.45) is -14.1. The van der Waals surface area contributed by atoms with Crippen LogP contribution in [0, 0.1) is 0 Å². The Hall–Kier alpha value is -7.98. The van der Waals surface area contributed by atoms with Gasteiger partial charge in [0.05, 0.1) is 31.3 Å². The molecule has 0 aliphatic carbocycles. The first-order valence-corrected chi connectivity index (χ1v) is 19.7. The Bertz CT molecular complexity index is 2710. The molecule has 6 N–H and O–H groups in total. The highest BCUT2D eigenvalue weighted by Gasteiger charge is 2.45. The third-order valence-electron chi connectivity index (χ3n) is 9.52. The minimum absolute atomic E-state index is 0.00296. The summed E-state index contributed by atoms with van der Waals surface area (Å²) in [6.45, 7) is 0. The fourth-order valence-corrected chi connectivity index (χ4v) is 6.10. The van der Waals surface area contributed by atoms with Gasteiger partial charge in [0, 0.05) is 17.8 Å². The quantitative estimate of drug-likeness (QED) is 0.0136. The van der Waals surface area contributed by atoms with Crippen LogP contribution >= 0.6 is 0 Å². The monoisotopic (exact) mass is 974 g/mol. The molecule has 69 heavy (non-hydrogen) atoms. The van der Waals surface area contributed by atoms with E-state index in [2.05, 4.69) is 9.47 Å². The Labute approximate surface area is 385 Å². The van der Waals surface area contributed by atoms with E-state index in [1.165, 1.54) is 74.9 Å². The van der Waals surface area contributed by atoms with Crippen molar-refractivity contribution < 1.29 is 92.9 Å². The van der Waals surface area contributed by atoms with E-state index in [9.17, 15) is 64.5 Å². The summed E-state index contributed by atoms with van der Waals surface area (Å²) in [5.74, 6) is -10.6. The Morgan fingerprint density at radius 1 is 0.580 bits per heavy atom. The number of hydrogen-bond acceptors (Lipinski definition) is 14. The third kappa shape index (κ3) is 13.6. The summed E-state index contributed by atoms with van der Waals surface area (Å²) in [5, 5.41) is 22.8. The van der Waals surface area contributed by atoms with E-state index >= 15 is 0 Å². The van der Waals surface area contributed by atoms with E-state index in [1.54, 1.807) is 0 Å². The van der Waals surface area contributed by atoms with Crippen molar-refractivity contribution in [1.29, 1.82) is 0 Å². The van der Waals surface area contributed by atoms with Crippen LogP contribution in [0.3, 0.4) is 0 Å². The molecule has 0 aliphatic heterocycles. The molecular formula is C47H38F8N2O12. The molecule has 0 fully saturated rings. The first-order valence-electron chi connectivity index (χ1n) is 19.7. The lowest BCUT2D eigenvalue weighted by atomic mass is 9.83. The minimum Gasteiger partial charge on any atom is -0.493 e. The topological polar surface area (TPSA) is 216 Å². The molecule has 1 atom stereocenters. The van der Waals surface area contributed by atoms with E-state index in [-0.39, 0.29) is 56.6 Å². The molecule has 0 saturated heterocycles. The van der Waals surface area contributed by atoms with Crippen LogP contribution < -0.4 is 39.9 Å². The molecule has 0 radical (unpaired) electrons. The van der Waals surface area contributed by atoms with E-state index < -0.39 is 78.2 Å². The maximum absolute atomic E-state index is 13.5. The number of carbonyl (C=O) groups is 4. The summed E-state index contributed by atoms with van der Waals surface area (Å²) in [5.41, 5.74) is 12.2. The molecular weight excluding hydrogens is 937 g/mol. The SMILES string of the molecule is COc1cc(/C=C/C(=O)CC(c2cc(N)cc(N)c2)C(O)(O)C(=O)/C=C/c2ccc(OC(=O)c3ccc(OC(F)(F)C(F)F)cc3)c(OC)c2)ccc1OC(=O)c1ccc(OC(F)(F)C(F)F)cc1. The van der Waals surface area contributed by atoms with Gasteiger partial charge in [0.25, 0.3) is 0 Å². The summed E-state index contributed by atoms with van der Waals surface area (Å²) in [7, 11) is 2.45. The number of benzene rings is 5. The van der Waals surface area contributed by atoms with E-state index in [4.69, 9.17) is 30.4 Å². The summed E-state index contributed by atoms with van der Waals surface area (Å²) >= 11 is 0. The van der Waals surface area contributed by atoms with Gasteiger partial charge >= 0.3 is 37.0 Å². The van der Waals surface area contributed by atoms with Crippen molar-refractivity contribution in [2.45, 2.75) is 43.2 Å². The molecule has 0 saturated carbocycles. The molecule has 1 unspecified atom stereocenters. The maximum Gasteiger partial charge on any atom is 0.461 e. The summed E-state index contributed by atoms with van der Waals surface area (Å²) < 4.78 is 132. The second-order valence-electron chi connectivity index (χ2n) is 14.5. The van der Waals surface area contributed by atoms with Crippen LogP contribution in [0.2, 0.25) is 0 Å². The molecule has 5 rings (SSSR count). The standard InChI is InChI=1S/C47H38F8N2O12/c1-64-38-19-25(4-16-36(38)66-41(60)27-7-12-33(13-8-27)68-46(52,53)43(48)49)3-11-32(58)24-35(29-21-30(56)23-31(57)22-29)45(62,63)40(59)18-6-26-5-17-37(39(20-26)65-2)67-42(61)28-9-14-34(15-10-28)69-47(54,55)44(50)51/h3-23,35,43-44,62-63H,24,56-57H2,1-2H3/b11-3+,18-6+. The predicted octanol–water partition coefficient (Wildman–Crippen LogP) is 8.50. The van der Waals surface area contributed by atoms with Gasteiger partial charge in [-0.1, -0.05) is 24.3 Å². The Morgan fingerprint density at radius 3 is 1.38 bits per heavy atom. The summed E-state index contributed by atoms with van der Waals surface area (Å²) in [6, 6.07) is 19.3. The second-order valence-corrected chi connectivity index (χ2v) is 14.5. The number of nitrogen functional groups attached to an aromatic ring is 2. The predicted molar refractivity (Wildman–Crippen MR) is 230 cm³/mol. The van der Waals surface area contributed by atoms with Crippen molar-refractivity contribution in [1.82, 2.24) is 0 Å². The van der Waals surface area contributed by atoms with Crippen molar-refractivity contribution in [3.63, 3.8) is 0 Å². The summed E-state index contributed by atoms with van der Waals surface area (Å²) in [4.78, 5) is 52.5. The van der Waals surface area contributed by atoms with Gasteiger partial charge < -0.3 is 50.1 Å². The molecule has 5 aromatic rings. The first kappa shape index (κ1) is 52.0. The molecule has 5 aromatic carbocycles. The zero-order chi connectivity index (χ0) is 50.8. The smallest absolute Gasteiger partial charge is 0.461 e. The molecule has 0 amide bonds. The highest BCUT2D eigenvalue weighted by atomic mass is 19.3. The maximum atomic E-state index is 13.5. The third-order valence-corrected chi connectivity index (χ3v) is 9.52. The van der Waals surface area contributed by atoms with Gasteiger partial charge in [-0.15, -0.1) is 0 Å². The van der Waals surface area contributed by atoms with Gasteiger partial charge in [-0.05, 0) is 120 Å². The highest BCUT2D eigenvalue weighted by molar-refractivity contribution is 6.01. The van der Waals surface area contributed by atoms with E-state index in [1.807, 2.05) is 0 Å². The lowest BCUT2D eigenvalue weighted by molar-refractivity contribution is -0.253. The number of ether oxygens (including phenoxy) is 6. The highest BCUT2D eigenvalue weighted by Crippen LogP contribution is 2.36. The number of carbonyl (C=O) groups excluding carboxylic acids is 4. The van der Waals surface area contributed by atoms with Crippen LogP contribution in [0.4, 0.5) is 46.5 Å². The lowest BCUT2D eigenvalue weighted by Gasteiger charge is -2.29. The Balaban J connectivity index is 1.28. The number of allylic oxidation sites excluding steroid dienone is 1. The molecule has 0 spiro atoms. The number of esters is 2. The van der Waals surface area contributed by atoms with E-state index in [0.717, 1.165) is 66.8 Å². The number of aliphatic hydroxyl groups is 2. The Morgan fingerprint density at radius 2 is 0.986 bits per heavy atom. The van der Waals surface area contributed by atoms with Gasteiger partial charge in [-0.25, -0.2) is 9.59 Å². The molecule has 0 aromatic heterocycles. The minimum atomic E-state index is -4.77. The second kappa shape index (κ2) is 21.8. The number of ketones is 2. The average Bonchev–Trinajstić information content (AvgIpc) is 3.29. The van der Waals surface area contributed by atoms with Gasteiger partial charge in [-0.3, -0.25) is 9.59 Å². The van der Waals surface area contributed by atoms with Crippen LogP contribution in [0.25, 0.3) is 12.2 Å². The molecule has 22 heteroatoms. The normalized spacial score (nSPS) is 12.6. The van der Waals surface area contributed by atoms with Gasteiger partial charge in [0.1, 0.15) is 11.5 Å². The van der Waals surface area contributed by atoms with Crippen LogP contribution in [0.5, 0.6) is 34.5 Å².